The molecule has 2 aliphatic rings. The molecule has 1 saturated heterocycles. The van der Waals surface area contributed by atoms with Crippen LogP contribution in [0, 0.1) is 5.92 Å². The number of carbonyl (C=O) groups excluding carboxylic acids is 1. The number of halogens is 3. The summed E-state index contributed by atoms with van der Waals surface area (Å²) >= 11 is 0. The van der Waals surface area contributed by atoms with E-state index in [4.69, 9.17) is 4.52 Å². The van der Waals surface area contributed by atoms with Gasteiger partial charge in [0.1, 0.15) is 12.2 Å². The van der Waals surface area contributed by atoms with Crippen LogP contribution in [0.25, 0.3) is 22.5 Å². The van der Waals surface area contributed by atoms with Crippen LogP contribution in [0.15, 0.2) is 28.8 Å². The van der Waals surface area contributed by atoms with Gasteiger partial charge < -0.3 is 24.6 Å². The van der Waals surface area contributed by atoms with Gasteiger partial charge in [0.2, 0.25) is 5.91 Å². The molecular formula is C23H27F3N6O2. The Morgan fingerprint density at radius 2 is 1.97 bits per heavy atom. The van der Waals surface area contributed by atoms with Crippen molar-refractivity contribution in [1.82, 2.24) is 24.9 Å². The Labute approximate surface area is 194 Å². The van der Waals surface area contributed by atoms with E-state index in [0.29, 0.717) is 10.9 Å². The molecule has 182 valence electrons. The van der Waals surface area contributed by atoms with Crippen LogP contribution in [0.3, 0.4) is 0 Å². The highest BCUT2D eigenvalue weighted by atomic mass is 19.4. The Hall–Kier alpha value is -3.08. The number of likely N-dealkylation sites (tertiary alicyclic amines) is 1. The molecular weight excluding hydrogens is 449 g/mol. The molecule has 34 heavy (non-hydrogen) atoms. The number of anilines is 1. The molecule has 2 N–H and O–H groups in total. The van der Waals surface area contributed by atoms with E-state index in [9.17, 15) is 18.0 Å². The van der Waals surface area contributed by atoms with Crippen molar-refractivity contribution in [2.45, 2.75) is 51.0 Å². The summed E-state index contributed by atoms with van der Waals surface area (Å²) in [6.07, 6.45) is -0.770. The third kappa shape index (κ3) is 5.03. The molecule has 1 aromatic carbocycles. The first-order valence-corrected chi connectivity index (χ1v) is 11.5. The van der Waals surface area contributed by atoms with Gasteiger partial charge in [-0.25, -0.2) is 0 Å². The van der Waals surface area contributed by atoms with Gasteiger partial charge in [-0.15, -0.1) is 0 Å². The first-order chi connectivity index (χ1) is 16.3. The van der Waals surface area contributed by atoms with Gasteiger partial charge in [0, 0.05) is 23.0 Å². The molecule has 3 aromatic rings. The maximum Gasteiger partial charge on any atom is 0.406 e. The van der Waals surface area contributed by atoms with E-state index in [1.165, 1.54) is 0 Å². The van der Waals surface area contributed by atoms with Crippen molar-refractivity contribution in [3.05, 3.63) is 30.1 Å². The fraction of sp³-hybridized carbons (Fsp3) is 0.522. The molecule has 0 spiro atoms. The van der Waals surface area contributed by atoms with Crippen molar-refractivity contribution < 1.29 is 22.5 Å². The second-order valence-electron chi connectivity index (χ2n) is 9.20. The predicted molar refractivity (Wildman–Crippen MR) is 120 cm³/mol. The molecule has 2 fully saturated rings. The SMILES string of the molecule is CN1CCC(Nc2cccc3c2cc(-c2nc(CNC(=O)C4CC4)no2)n3CC(F)(F)F)CC1. The normalized spacial score (nSPS) is 17.9. The molecule has 1 aliphatic carbocycles. The number of amides is 1. The summed E-state index contributed by atoms with van der Waals surface area (Å²) in [5.41, 5.74) is 1.41. The van der Waals surface area contributed by atoms with E-state index >= 15 is 0 Å². The maximum absolute atomic E-state index is 13.5. The van der Waals surface area contributed by atoms with Gasteiger partial charge in [-0.3, -0.25) is 4.79 Å². The summed E-state index contributed by atoms with van der Waals surface area (Å²) < 4.78 is 47.0. The zero-order valence-corrected chi connectivity index (χ0v) is 18.9. The lowest BCUT2D eigenvalue weighted by Gasteiger charge is -2.30. The van der Waals surface area contributed by atoms with Crippen molar-refractivity contribution in [3.63, 3.8) is 0 Å². The van der Waals surface area contributed by atoms with Crippen molar-refractivity contribution in [3.8, 4) is 11.6 Å². The smallest absolute Gasteiger partial charge is 0.382 e. The van der Waals surface area contributed by atoms with Gasteiger partial charge in [0.05, 0.1) is 12.1 Å². The number of nitrogens with one attached hydrogen (secondary N) is 2. The van der Waals surface area contributed by atoms with Gasteiger partial charge in [-0.2, -0.15) is 18.2 Å². The number of rotatable bonds is 7. The summed E-state index contributed by atoms with van der Waals surface area (Å²) in [7, 11) is 2.08. The first-order valence-electron chi connectivity index (χ1n) is 11.5. The average Bonchev–Trinajstić information content (AvgIpc) is 3.44. The number of alkyl halides is 3. The summed E-state index contributed by atoms with van der Waals surface area (Å²) in [6, 6.07) is 7.22. The van der Waals surface area contributed by atoms with Crippen LogP contribution in [0.5, 0.6) is 0 Å². The summed E-state index contributed by atoms with van der Waals surface area (Å²) in [6.45, 7) is 0.826. The third-order valence-corrected chi connectivity index (χ3v) is 6.42. The van der Waals surface area contributed by atoms with Crippen molar-refractivity contribution in [1.29, 1.82) is 0 Å². The van der Waals surface area contributed by atoms with Crippen LogP contribution < -0.4 is 10.6 Å². The van der Waals surface area contributed by atoms with Crippen molar-refractivity contribution >= 4 is 22.5 Å². The Morgan fingerprint density at radius 3 is 2.68 bits per heavy atom. The lowest BCUT2D eigenvalue weighted by molar-refractivity contribution is -0.139. The fourth-order valence-electron chi connectivity index (χ4n) is 4.40. The minimum Gasteiger partial charge on any atom is -0.382 e. The Balaban J connectivity index is 1.45. The maximum atomic E-state index is 13.5. The highest BCUT2D eigenvalue weighted by Gasteiger charge is 2.32. The minimum absolute atomic E-state index is 0.0126. The quantitative estimate of drug-likeness (QED) is 0.540. The molecule has 3 heterocycles. The number of nitrogens with zero attached hydrogens (tertiary/aromatic N) is 4. The van der Waals surface area contributed by atoms with E-state index in [2.05, 4.69) is 32.7 Å². The van der Waals surface area contributed by atoms with Crippen molar-refractivity contribution in [2.75, 3.05) is 25.5 Å². The van der Waals surface area contributed by atoms with Gasteiger partial charge in [0.25, 0.3) is 5.89 Å². The summed E-state index contributed by atoms with van der Waals surface area (Å²) in [5, 5.41) is 10.8. The van der Waals surface area contributed by atoms with Gasteiger partial charge in [-0.1, -0.05) is 11.2 Å². The molecule has 0 bridgehead atoms. The Kier molecular flexibility index (Phi) is 5.97. The van der Waals surface area contributed by atoms with Crippen LogP contribution >= 0.6 is 0 Å². The average molecular weight is 477 g/mol. The second-order valence-corrected chi connectivity index (χ2v) is 9.20. The number of benzene rings is 1. The highest BCUT2D eigenvalue weighted by molar-refractivity contribution is 5.96. The monoisotopic (exact) mass is 476 g/mol. The van der Waals surface area contributed by atoms with E-state index in [1.54, 1.807) is 18.2 Å². The molecule has 1 saturated carbocycles. The van der Waals surface area contributed by atoms with E-state index in [1.807, 2.05) is 6.07 Å². The highest BCUT2D eigenvalue weighted by Crippen LogP contribution is 2.35. The van der Waals surface area contributed by atoms with Crippen molar-refractivity contribution in [2.24, 2.45) is 5.92 Å². The molecule has 5 rings (SSSR count). The first kappa shape index (κ1) is 22.7. The van der Waals surface area contributed by atoms with Crippen LogP contribution in [-0.2, 0) is 17.9 Å². The van der Waals surface area contributed by atoms with Crippen LogP contribution in [0.1, 0.15) is 31.5 Å². The largest absolute Gasteiger partial charge is 0.406 e. The zero-order chi connectivity index (χ0) is 23.9. The van der Waals surface area contributed by atoms with E-state index in [0.717, 1.165) is 49.0 Å². The number of hydrogen-bond acceptors (Lipinski definition) is 6. The van der Waals surface area contributed by atoms with Crippen LogP contribution in [0.2, 0.25) is 0 Å². The molecule has 11 heteroatoms. The van der Waals surface area contributed by atoms with Gasteiger partial charge in [-0.05, 0) is 64.0 Å². The number of hydrogen-bond donors (Lipinski definition) is 2. The molecule has 0 radical (unpaired) electrons. The lowest BCUT2D eigenvalue weighted by atomic mass is 10.0. The Morgan fingerprint density at radius 1 is 1.21 bits per heavy atom. The predicted octanol–water partition coefficient (Wildman–Crippen LogP) is 3.79. The summed E-state index contributed by atoms with van der Waals surface area (Å²) in [4.78, 5) is 18.4. The minimum atomic E-state index is -4.43. The molecule has 0 atom stereocenters. The third-order valence-electron chi connectivity index (χ3n) is 6.42. The summed E-state index contributed by atoms with van der Waals surface area (Å²) in [5.74, 6) is 0.178. The Bertz CT molecular complexity index is 1180. The topological polar surface area (TPSA) is 88.2 Å². The van der Waals surface area contributed by atoms with Crippen LogP contribution in [-0.4, -0.2) is 57.9 Å². The standard InChI is InChI=1S/C23H27F3N6O2/c1-31-9-7-15(8-10-31)28-17-3-2-4-18-16(17)11-19(32(18)13-23(24,25)26)22-29-20(30-34-22)12-27-21(33)14-5-6-14/h2-4,11,14-15,28H,5-10,12-13H2,1H3,(H,27,33). The molecule has 8 nitrogen and oxygen atoms in total. The fourth-order valence-corrected chi connectivity index (χ4v) is 4.40. The number of carbonyl (C=O) groups is 1. The molecule has 1 amide bonds. The lowest BCUT2D eigenvalue weighted by Crippen LogP contribution is -2.36. The number of piperidine rings is 1. The molecule has 0 unspecified atom stereocenters. The number of fused-ring (bicyclic) bond motifs is 1. The molecule has 2 aromatic heterocycles. The zero-order valence-electron chi connectivity index (χ0n) is 18.9. The number of aromatic nitrogens is 3. The second kappa shape index (κ2) is 8.94. The van der Waals surface area contributed by atoms with Gasteiger partial charge in [0.15, 0.2) is 5.82 Å². The van der Waals surface area contributed by atoms with Gasteiger partial charge >= 0.3 is 6.18 Å². The molecule has 1 aliphatic heterocycles. The van der Waals surface area contributed by atoms with E-state index in [-0.39, 0.29) is 41.8 Å². The van der Waals surface area contributed by atoms with Crippen LogP contribution in [0.4, 0.5) is 18.9 Å². The van der Waals surface area contributed by atoms with E-state index < -0.39 is 12.7 Å².